The van der Waals surface area contributed by atoms with E-state index in [2.05, 4.69) is 12.1 Å². The van der Waals surface area contributed by atoms with E-state index in [1.165, 1.54) is 12.1 Å². The van der Waals surface area contributed by atoms with Crippen LogP contribution in [0.1, 0.15) is 25.3 Å². The Kier molecular flexibility index (Phi) is 6.64. The summed E-state index contributed by atoms with van der Waals surface area (Å²) in [6.45, 7) is 3.47. The molecule has 3 N–H and O–H groups in total. The van der Waals surface area contributed by atoms with Crippen molar-refractivity contribution >= 4 is 15.7 Å². The molecule has 0 radical (unpaired) electrons. The molecule has 0 heterocycles. The van der Waals surface area contributed by atoms with Crippen LogP contribution in [-0.2, 0) is 9.84 Å². The van der Waals surface area contributed by atoms with Gasteiger partial charge in [0.05, 0.1) is 10.6 Å². The number of hydrogen-bond donors (Lipinski definition) is 2. The number of amidine groups is 1. The molecule has 0 aliphatic carbocycles. The van der Waals surface area contributed by atoms with E-state index in [4.69, 9.17) is 10.9 Å². The number of unbranched alkanes of at least 4 members (excludes halogenated alkanes) is 1. The van der Waals surface area contributed by atoms with Crippen LogP contribution in [0.2, 0.25) is 0 Å². The van der Waals surface area contributed by atoms with Gasteiger partial charge in [-0.2, -0.15) is 0 Å². The topological polar surface area (TPSA) is 96.0 Å². The van der Waals surface area contributed by atoms with E-state index in [9.17, 15) is 8.42 Å². The highest BCUT2D eigenvalue weighted by atomic mass is 32.2. The van der Waals surface area contributed by atoms with E-state index in [-0.39, 0.29) is 16.5 Å². The Labute approximate surface area is 126 Å². The molecule has 21 heavy (non-hydrogen) atoms. The van der Waals surface area contributed by atoms with Gasteiger partial charge in [-0.15, -0.1) is 0 Å². The van der Waals surface area contributed by atoms with E-state index in [1.54, 1.807) is 12.1 Å². The summed E-state index contributed by atoms with van der Waals surface area (Å²) in [4.78, 5) is 2.20. The van der Waals surface area contributed by atoms with Crippen molar-refractivity contribution in [3.63, 3.8) is 0 Å². The summed E-state index contributed by atoms with van der Waals surface area (Å²) in [5.74, 6) is -0.0561. The monoisotopic (exact) mass is 313 g/mol. The molecule has 0 aliphatic heterocycles. The molecule has 1 aromatic carbocycles. The lowest BCUT2D eigenvalue weighted by Gasteiger charge is -2.16. The molecular formula is C14H23N3O3S. The number of oxime groups is 1. The Morgan fingerprint density at radius 2 is 2.10 bits per heavy atom. The molecule has 0 aliphatic rings. The first kappa shape index (κ1) is 17.5. The van der Waals surface area contributed by atoms with E-state index >= 15 is 0 Å². The van der Waals surface area contributed by atoms with Crippen molar-refractivity contribution in [3.05, 3.63) is 29.8 Å². The normalized spacial score (nSPS) is 12.8. The van der Waals surface area contributed by atoms with Crippen LogP contribution in [0.15, 0.2) is 34.3 Å². The first-order chi connectivity index (χ1) is 9.90. The highest BCUT2D eigenvalue weighted by Crippen LogP contribution is 2.13. The Morgan fingerprint density at radius 1 is 1.38 bits per heavy atom. The number of nitrogens with two attached hydrogens (primary N) is 1. The first-order valence-corrected chi connectivity index (χ1v) is 8.55. The molecule has 7 heteroatoms. The Hall–Kier alpha value is -1.60. The lowest BCUT2D eigenvalue weighted by atomic mass is 10.2. The molecule has 1 rings (SSSR count). The van der Waals surface area contributed by atoms with Crippen LogP contribution in [0, 0.1) is 0 Å². The number of sulfone groups is 1. The second-order valence-corrected chi connectivity index (χ2v) is 7.10. The molecule has 6 nitrogen and oxygen atoms in total. The van der Waals surface area contributed by atoms with Crippen molar-refractivity contribution in [1.82, 2.24) is 4.90 Å². The zero-order chi connectivity index (χ0) is 15.9. The maximum atomic E-state index is 12.3. The van der Waals surface area contributed by atoms with Crippen LogP contribution in [0.3, 0.4) is 0 Å². The average Bonchev–Trinajstić information content (AvgIpc) is 2.50. The highest BCUT2D eigenvalue weighted by molar-refractivity contribution is 7.91. The second kappa shape index (κ2) is 7.99. The molecule has 0 fully saturated rings. The van der Waals surface area contributed by atoms with Gasteiger partial charge in [0, 0.05) is 12.1 Å². The van der Waals surface area contributed by atoms with Crippen LogP contribution in [0.4, 0.5) is 0 Å². The van der Waals surface area contributed by atoms with E-state index < -0.39 is 9.84 Å². The summed E-state index contributed by atoms with van der Waals surface area (Å²) >= 11 is 0. The van der Waals surface area contributed by atoms with E-state index in [0.29, 0.717) is 12.1 Å². The number of rotatable bonds is 8. The largest absolute Gasteiger partial charge is 0.409 e. The first-order valence-electron chi connectivity index (χ1n) is 6.90. The second-order valence-electron chi connectivity index (χ2n) is 4.99. The van der Waals surface area contributed by atoms with Gasteiger partial charge in [-0.05, 0) is 32.1 Å². The van der Waals surface area contributed by atoms with Gasteiger partial charge in [0.15, 0.2) is 15.7 Å². The van der Waals surface area contributed by atoms with Crippen molar-refractivity contribution < 1.29 is 13.6 Å². The molecule has 0 aromatic heterocycles. The molecular weight excluding hydrogens is 290 g/mol. The van der Waals surface area contributed by atoms with Crippen molar-refractivity contribution in [2.75, 3.05) is 25.9 Å². The third kappa shape index (κ3) is 5.35. The molecule has 0 saturated carbocycles. The predicted octanol–water partition coefficient (Wildman–Crippen LogP) is 1.29. The van der Waals surface area contributed by atoms with E-state index in [0.717, 1.165) is 19.4 Å². The van der Waals surface area contributed by atoms with Gasteiger partial charge in [-0.25, -0.2) is 8.42 Å². The van der Waals surface area contributed by atoms with Gasteiger partial charge in [0.2, 0.25) is 0 Å². The van der Waals surface area contributed by atoms with E-state index in [1.807, 2.05) is 11.9 Å². The minimum absolute atomic E-state index is 0.0485. The van der Waals surface area contributed by atoms with Gasteiger partial charge in [0.25, 0.3) is 0 Å². The standard InChI is InChI=1S/C14H23N3O3S/c1-3-4-8-17(2)9-10-21(19,20)13-7-5-6-12(11-13)14(15)16-18/h5-7,11,18H,3-4,8-10H2,1-2H3,(H2,15,16). The minimum Gasteiger partial charge on any atom is -0.409 e. The summed E-state index contributed by atoms with van der Waals surface area (Å²) in [5.41, 5.74) is 5.87. The summed E-state index contributed by atoms with van der Waals surface area (Å²) in [6.07, 6.45) is 2.13. The van der Waals surface area contributed by atoms with Crippen LogP contribution < -0.4 is 5.73 Å². The van der Waals surface area contributed by atoms with Crippen molar-refractivity contribution in [1.29, 1.82) is 0 Å². The smallest absolute Gasteiger partial charge is 0.179 e. The van der Waals surface area contributed by atoms with Crippen LogP contribution in [0.25, 0.3) is 0 Å². The Balaban J connectivity index is 2.79. The summed E-state index contributed by atoms with van der Waals surface area (Å²) < 4.78 is 24.6. The number of hydrogen-bond acceptors (Lipinski definition) is 5. The summed E-state index contributed by atoms with van der Waals surface area (Å²) in [6, 6.07) is 6.13. The fourth-order valence-electron chi connectivity index (χ4n) is 1.84. The Bertz CT molecular complexity index is 585. The molecule has 118 valence electrons. The molecule has 0 atom stereocenters. The van der Waals surface area contributed by atoms with Gasteiger partial charge in [0.1, 0.15) is 0 Å². The maximum Gasteiger partial charge on any atom is 0.179 e. The van der Waals surface area contributed by atoms with Gasteiger partial charge >= 0.3 is 0 Å². The zero-order valence-corrected chi connectivity index (χ0v) is 13.3. The maximum absolute atomic E-state index is 12.3. The molecule has 0 bridgehead atoms. The van der Waals surface area contributed by atoms with Gasteiger partial charge in [-0.1, -0.05) is 30.6 Å². The summed E-state index contributed by atoms with van der Waals surface area (Å²) in [5, 5.41) is 11.5. The van der Waals surface area contributed by atoms with Gasteiger partial charge in [-0.3, -0.25) is 0 Å². The number of benzene rings is 1. The quantitative estimate of drug-likeness (QED) is 0.326. The fourth-order valence-corrected chi connectivity index (χ4v) is 3.22. The van der Waals surface area contributed by atoms with Crippen LogP contribution in [-0.4, -0.2) is 50.3 Å². The third-order valence-electron chi connectivity index (χ3n) is 3.23. The average molecular weight is 313 g/mol. The molecule has 0 amide bonds. The van der Waals surface area contributed by atoms with Crippen molar-refractivity contribution in [3.8, 4) is 0 Å². The fraction of sp³-hybridized carbons (Fsp3) is 0.500. The van der Waals surface area contributed by atoms with Crippen molar-refractivity contribution in [2.45, 2.75) is 24.7 Å². The number of nitrogens with zero attached hydrogens (tertiary/aromatic N) is 2. The van der Waals surface area contributed by atoms with Crippen LogP contribution >= 0.6 is 0 Å². The lowest BCUT2D eigenvalue weighted by molar-refractivity contribution is 0.318. The third-order valence-corrected chi connectivity index (χ3v) is 4.92. The zero-order valence-electron chi connectivity index (χ0n) is 12.5. The SMILES string of the molecule is CCCCN(C)CCS(=O)(=O)c1cccc(/C(N)=N/O)c1. The molecule has 0 spiro atoms. The van der Waals surface area contributed by atoms with Crippen molar-refractivity contribution in [2.24, 2.45) is 10.9 Å². The highest BCUT2D eigenvalue weighted by Gasteiger charge is 2.16. The lowest BCUT2D eigenvalue weighted by Crippen LogP contribution is -2.26. The summed E-state index contributed by atoms with van der Waals surface area (Å²) in [7, 11) is -1.46. The van der Waals surface area contributed by atoms with Crippen LogP contribution in [0.5, 0.6) is 0 Å². The molecule has 0 unspecified atom stereocenters. The molecule has 0 saturated heterocycles. The van der Waals surface area contributed by atoms with Gasteiger partial charge < -0.3 is 15.8 Å². The predicted molar refractivity (Wildman–Crippen MR) is 83.4 cm³/mol. The Morgan fingerprint density at radius 3 is 2.71 bits per heavy atom. The molecule has 1 aromatic rings. The minimum atomic E-state index is -3.38.